The number of rotatable bonds is 4. The summed E-state index contributed by atoms with van der Waals surface area (Å²) in [5, 5.41) is 19.5. The van der Waals surface area contributed by atoms with Gasteiger partial charge < -0.3 is 10.2 Å². The number of thiazole rings is 1. The van der Waals surface area contributed by atoms with Gasteiger partial charge in [0.2, 0.25) is 0 Å². The third kappa shape index (κ3) is 2.91. The van der Waals surface area contributed by atoms with Crippen molar-refractivity contribution in [1.29, 1.82) is 0 Å². The molecule has 0 aromatic carbocycles. The van der Waals surface area contributed by atoms with Crippen LogP contribution >= 0.6 is 22.9 Å². The molecule has 2 unspecified atom stereocenters. The Morgan fingerprint density at radius 2 is 2.31 bits per heavy atom. The van der Waals surface area contributed by atoms with Crippen LogP contribution in [-0.2, 0) is 0 Å². The fourth-order valence-corrected chi connectivity index (χ4v) is 1.99. The van der Waals surface area contributed by atoms with Gasteiger partial charge in [0.25, 0.3) is 0 Å². The fraction of sp³-hybridized carbons (Fsp3) is 0.625. The molecule has 0 spiro atoms. The zero-order valence-corrected chi connectivity index (χ0v) is 8.85. The van der Waals surface area contributed by atoms with E-state index in [9.17, 15) is 10.2 Å². The SMILES string of the molecule is Cc1cnc(C(O)C(O)CCCl)s1. The van der Waals surface area contributed by atoms with Crippen LogP contribution in [0.25, 0.3) is 0 Å². The zero-order chi connectivity index (χ0) is 9.84. The topological polar surface area (TPSA) is 53.4 Å². The van der Waals surface area contributed by atoms with Crippen molar-refractivity contribution in [2.75, 3.05) is 5.88 Å². The van der Waals surface area contributed by atoms with E-state index < -0.39 is 12.2 Å². The molecule has 0 aliphatic heterocycles. The molecule has 2 atom stereocenters. The number of aromatic nitrogens is 1. The maximum Gasteiger partial charge on any atom is 0.131 e. The Bertz CT molecular complexity index is 266. The Balaban J connectivity index is 2.61. The van der Waals surface area contributed by atoms with E-state index in [1.807, 2.05) is 6.92 Å². The quantitative estimate of drug-likeness (QED) is 0.758. The Hall–Kier alpha value is -0.160. The number of aliphatic hydroxyl groups excluding tert-OH is 2. The third-order valence-corrected chi connectivity index (χ3v) is 2.86. The van der Waals surface area contributed by atoms with E-state index in [1.54, 1.807) is 6.20 Å². The maximum absolute atomic E-state index is 9.57. The molecular formula is C8H12ClNO2S. The minimum absolute atomic E-state index is 0.336. The van der Waals surface area contributed by atoms with Gasteiger partial charge in [-0.3, -0.25) is 0 Å². The van der Waals surface area contributed by atoms with Crippen molar-refractivity contribution in [2.24, 2.45) is 0 Å². The molecule has 1 rings (SSSR count). The van der Waals surface area contributed by atoms with E-state index in [0.29, 0.717) is 17.3 Å². The van der Waals surface area contributed by atoms with Gasteiger partial charge >= 0.3 is 0 Å². The van der Waals surface area contributed by atoms with Crippen molar-refractivity contribution >= 4 is 22.9 Å². The molecule has 74 valence electrons. The first-order valence-electron chi connectivity index (χ1n) is 3.99. The summed E-state index contributed by atoms with van der Waals surface area (Å²) in [4.78, 5) is 5.00. The molecule has 1 heterocycles. The van der Waals surface area contributed by atoms with Gasteiger partial charge in [-0.05, 0) is 13.3 Å². The normalized spacial score (nSPS) is 15.7. The van der Waals surface area contributed by atoms with E-state index in [-0.39, 0.29) is 0 Å². The van der Waals surface area contributed by atoms with Crippen LogP contribution in [0.5, 0.6) is 0 Å². The lowest BCUT2D eigenvalue weighted by Gasteiger charge is -2.13. The highest BCUT2D eigenvalue weighted by atomic mass is 35.5. The summed E-state index contributed by atoms with van der Waals surface area (Å²) in [5.41, 5.74) is 0. The molecule has 0 aliphatic rings. The van der Waals surface area contributed by atoms with Crippen molar-refractivity contribution in [3.63, 3.8) is 0 Å². The van der Waals surface area contributed by atoms with E-state index >= 15 is 0 Å². The number of hydrogen-bond acceptors (Lipinski definition) is 4. The van der Waals surface area contributed by atoms with Crippen LogP contribution in [0.3, 0.4) is 0 Å². The second-order valence-corrected chi connectivity index (χ2v) is 4.44. The molecule has 0 bridgehead atoms. The smallest absolute Gasteiger partial charge is 0.131 e. The van der Waals surface area contributed by atoms with Crippen LogP contribution in [0.2, 0.25) is 0 Å². The lowest BCUT2D eigenvalue weighted by atomic mass is 10.2. The van der Waals surface area contributed by atoms with Gasteiger partial charge in [0.15, 0.2) is 0 Å². The van der Waals surface area contributed by atoms with Crippen molar-refractivity contribution in [3.8, 4) is 0 Å². The molecule has 5 heteroatoms. The molecule has 0 radical (unpaired) electrons. The van der Waals surface area contributed by atoms with E-state index in [0.717, 1.165) is 4.88 Å². The molecule has 0 amide bonds. The van der Waals surface area contributed by atoms with Gasteiger partial charge in [-0.25, -0.2) is 4.98 Å². The van der Waals surface area contributed by atoms with E-state index in [1.165, 1.54) is 11.3 Å². The molecule has 1 aromatic rings. The van der Waals surface area contributed by atoms with Gasteiger partial charge in [-0.15, -0.1) is 22.9 Å². The first-order valence-corrected chi connectivity index (χ1v) is 5.34. The predicted octanol–water partition coefficient (Wildman–Crippen LogP) is 1.47. The summed E-state index contributed by atoms with van der Waals surface area (Å²) in [6, 6.07) is 0. The minimum Gasteiger partial charge on any atom is -0.390 e. The average Bonchev–Trinajstić information content (AvgIpc) is 2.51. The summed E-state index contributed by atoms with van der Waals surface area (Å²) >= 11 is 6.83. The van der Waals surface area contributed by atoms with Crippen molar-refractivity contribution in [3.05, 3.63) is 16.1 Å². The number of halogens is 1. The highest BCUT2D eigenvalue weighted by Gasteiger charge is 2.20. The predicted molar refractivity (Wildman–Crippen MR) is 53.2 cm³/mol. The first kappa shape index (κ1) is 10.9. The molecule has 3 nitrogen and oxygen atoms in total. The number of alkyl halides is 1. The molecule has 0 saturated heterocycles. The van der Waals surface area contributed by atoms with Crippen LogP contribution in [0, 0.1) is 6.92 Å². The number of aliphatic hydroxyl groups is 2. The molecule has 0 fully saturated rings. The summed E-state index contributed by atoms with van der Waals surface area (Å²) in [5.74, 6) is 0.336. The summed E-state index contributed by atoms with van der Waals surface area (Å²) in [6.07, 6.45) is 0.332. The Labute approximate surface area is 86.0 Å². The Kier molecular flexibility index (Phi) is 4.12. The van der Waals surface area contributed by atoms with Gasteiger partial charge in [-0.2, -0.15) is 0 Å². The summed E-state index contributed by atoms with van der Waals surface area (Å²) < 4.78 is 0. The zero-order valence-electron chi connectivity index (χ0n) is 7.27. The summed E-state index contributed by atoms with van der Waals surface area (Å²) in [6.45, 7) is 1.90. The van der Waals surface area contributed by atoms with Crippen LogP contribution in [-0.4, -0.2) is 27.2 Å². The van der Waals surface area contributed by atoms with E-state index in [2.05, 4.69) is 4.98 Å². The molecular weight excluding hydrogens is 210 g/mol. The van der Waals surface area contributed by atoms with Gasteiger partial charge in [-0.1, -0.05) is 0 Å². The molecule has 0 aliphatic carbocycles. The average molecular weight is 222 g/mol. The van der Waals surface area contributed by atoms with Gasteiger partial charge in [0.05, 0.1) is 6.10 Å². The second-order valence-electron chi connectivity index (χ2n) is 2.80. The monoisotopic (exact) mass is 221 g/mol. The van der Waals surface area contributed by atoms with E-state index in [4.69, 9.17) is 11.6 Å². The molecule has 13 heavy (non-hydrogen) atoms. The van der Waals surface area contributed by atoms with Crippen LogP contribution in [0.1, 0.15) is 22.4 Å². The molecule has 2 N–H and O–H groups in total. The lowest BCUT2D eigenvalue weighted by molar-refractivity contribution is 0.0169. The fourth-order valence-electron chi connectivity index (χ4n) is 0.943. The van der Waals surface area contributed by atoms with Crippen molar-refractivity contribution in [1.82, 2.24) is 4.98 Å². The molecule has 1 aromatic heterocycles. The van der Waals surface area contributed by atoms with Crippen LogP contribution < -0.4 is 0 Å². The van der Waals surface area contributed by atoms with Gasteiger partial charge in [0.1, 0.15) is 11.1 Å². The van der Waals surface area contributed by atoms with Crippen LogP contribution in [0.15, 0.2) is 6.20 Å². The highest BCUT2D eigenvalue weighted by Crippen LogP contribution is 2.23. The molecule has 0 saturated carbocycles. The lowest BCUT2D eigenvalue weighted by Crippen LogP contribution is -2.18. The standard InChI is InChI=1S/C8H12ClNO2S/c1-5-4-10-8(13-5)7(12)6(11)2-3-9/h4,6-7,11-12H,2-3H2,1H3. The Morgan fingerprint density at radius 1 is 1.62 bits per heavy atom. The summed E-state index contributed by atoms with van der Waals surface area (Å²) in [7, 11) is 0. The van der Waals surface area contributed by atoms with Crippen molar-refractivity contribution < 1.29 is 10.2 Å². The maximum atomic E-state index is 9.57. The minimum atomic E-state index is -0.905. The third-order valence-electron chi connectivity index (χ3n) is 1.66. The number of nitrogens with zero attached hydrogens (tertiary/aromatic N) is 1. The highest BCUT2D eigenvalue weighted by molar-refractivity contribution is 7.11. The van der Waals surface area contributed by atoms with Gasteiger partial charge in [0, 0.05) is 17.0 Å². The van der Waals surface area contributed by atoms with Crippen LogP contribution in [0.4, 0.5) is 0 Å². The first-order chi connectivity index (χ1) is 6.15. The number of aryl methyl sites for hydroxylation is 1. The Morgan fingerprint density at radius 3 is 2.77 bits per heavy atom. The van der Waals surface area contributed by atoms with Crippen molar-refractivity contribution in [2.45, 2.75) is 25.6 Å². The second kappa shape index (κ2) is 4.91. The number of hydrogen-bond donors (Lipinski definition) is 2. The largest absolute Gasteiger partial charge is 0.390 e.